The number of aromatic nitrogens is 1. The lowest BCUT2D eigenvalue weighted by molar-refractivity contribution is -0.111. The molecular formula is C23H17BrN2O3. The third-order valence-electron chi connectivity index (χ3n) is 4.29. The van der Waals surface area contributed by atoms with Gasteiger partial charge in [-0.25, -0.2) is 4.98 Å². The number of benzene rings is 3. The molecular weight excluding hydrogens is 432 g/mol. The molecule has 0 atom stereocenters. The number of nitrogens with one attached hydrogen (secondary N) is 1. The Morgan fingerprint density at radius 1 is 1.07 bits per heavy atom. The molecule has 1 amide bonds. The van der Waals surface area contributed by atoms with Crippen molar-refractivity contribution in [2.24, 2.45) is 0 Å². The number of anilines is 1. The molecule has 5 nitrogen and oxygen atoms in total. The maximum Gasteiger partial charge on any atom is 0.248 e. The van der Waals surface area contributed by atoms with E-state index in [9.17, 15) is 4.79 Å². The van der Waals surface area contributed by atoms with Crippen LogP contribution in [0.1, 0.15) is 5.56 Å². The summed E-state index contributed by atoms with van der Waals surface area (Å²) in [5.74, 6) is 1.07. The van der Waals surface area contributed by atoms with E-state index < -0.39 is 0 Å². The number of hydrogen-bond acceptors (Lipinski definition) is 4. The van der Waals surface area contributed by atoms with Crippen LogP contribution in [0, 0.1) is 0 Å². The van der Waals surface area contributed by atoms with Gasteiger partial charge in [-0.15, -0.1) is 0 Å². The van der Waals surface area contributed by atoms with E-state index in [1.54, 1.807) is 31.4 Å². The standard InChI is InChI=1S/C23H17BrN2O3/c1-28-19-10-5-16(6-11-19)23-26-20-14-18(9-12-21(20)29-23)25-22(27)13-4-15-2-7-17(24)8-3-15/h2-14H,1H3,(H,25,27)/b13-4-. The molecule has 3 aromatic carbocycles. The fourth-order valence-corrected chi connectivity index (χ4v) is 3.06. The maximum absolute atomic E-state index is 12.2. The number of hydrogen-bond donors (Lipinski definition) is 1. The first kappa shape index (κ1) is 19.0. The summed E-state index contributed by atoms with van der Waals surface area (Å²) in [6.45, 7) is 0. The topological polar surface area (TPSA) is 64.4 Å². The van der Waals surface area contributed by atoms with Crippen molar-refractivity contribution in [2.45, 2.75) is 0 Å². The molecule has 0 radical (unpaired) electrons. The number of nitrogens with zero attached hydrogens (tertiary/aromatic N) is 1. The lowest BCUT2D eigenvalue weighted by Crippen LogP contribution is -2.07. The van der Waals surface area contributed by atoms with Gasteiger partial charge in [-0.2, -0.15) is 0 Å². The van der Waals surface area contributed by atoms with Crippen molar-refractivity contribution in [2.75, 3.05) is 12.4 Å². The first-order valence-corrected chi connectivity index (χ1v) is 9.70. The molecule has 0 bridgehead atoms. The molecule has 0 aliphatic rings. The van der Waals surface area contributed by atoms with Crippen molar-refractivity contribution in [1.82, 2.24) is 4.98 Å². The largest absolute Gasteiger partial charge is 0.497 e. The zero-order chi connectivity index (χ0) is 20.2. The third-order valence-corrected chi connectivity index (χ3v) is 4.82. The van der Waals surface area contributed by atoms with Crippen molar-refractivity contribution in [3.8, 4) is 17.2 Å². The van der Waals surface area contributed by atoms with Gasteiger partial charge in [0.15, 0.2) is 5.58 Å². The van der Waals surface area contributed by atoms with E-state index in [1.807, 2.05) is 48.5 Å². The SMILES string of the molecule is COc1ccc(-c2nc3cc(NC(=O)/C=C\c4ccc(Br)cc4)ccc3o2)cc1. The molecule has 4 rings (SSSR count). The molecule has 1 N–H and O–H groups in total. The maximum atomic E-state index is 12.2. The van der Waals surface area contributed by atoms with Gasteiger partial charge in [0.05, 0.1) is 7.11 Å². The van der Waals surface area contributed by atoms with Gasteiger partial charge in [-0.1, -0.05) is 28.1 Å². The molecule has 1 aromatic heterocycles. The van der Waals surface area contributed by atoms with E-state index in [-0.39, 0.29) is 5.91 Å². The van der Waals surface area contributed by atoms with Gasteiger partial charge in [0.2, 0.25) is 11.8 Å². The molecule has 0 aliphatic carbocycles. The van der Waals surface area contributed by atoms with Crippen LogP contribution in [0.2, 0.25) is 0 Å². The van der Waals surface area contributed by atoms with Gasteiger partial charge in [-0.3, -0.25) is 4.79 Å². The minimum absolute atomic E-state index is 0.217. The van der Waals surface area contributed by atoms with E-state index in [2.05, 4.69) is 26.2 Å². The summed E-state index contributed by atoms with van der Waals surface area (Å²) >= 11 is 3.39. The highest BCUT2D eigenvalue weighted by Gasteiger charge is 2.09. The van der Waals surface area contributed by atoms with Crippen LogP contribution in [-0.4, -0.2) is 18.0 Å². The number of carbonyl (C=O) groups excluding carboxylic acids is 1. The van der Waals surface area contributed by atoms with Crippen molar-refractivity contribution in [1.29, 1.82) is 0 Å². The van der Waals surface area contributed by atoms with Crippen molar-refractivity contribution < 1.29 is 13.9 Å². The minimum atomic E-state index is -0.217. The van der Waals surface area contributed by atoms with Gasteiger partial charge in [0.25, 0.3) is 0 Å². The Kier molecular flexibility index (Phi) is 5.44. The molecule has 0 saturated heterocycles. The number of carbonyl (C=O) groups is 1. The second kappa shape index (κ2) is 8.32. The number of amides is 1. The summed E-state index contributed by atoms with van der Waals surface area (Å²) in [6.07, 6.45) is 3.26. The quantitative estimate of drug-likeness (QED) is 0.385. The first-order chi connectivity index (χ1) is 14.1. The zero-order valence-electron chi connectivity index (χ0n) is 15.6. The van der Waals surface area contributed by atoms with Crippen LogP contribution in [0.4, 0.5) is 5.69 Å². The highest BCUT2D eigenvalue weighted by molar-refractivity contribution is 9.10. The number of oxazole rings is 1. The molecule has 0 unspecified atom stereocenters. The average molecular weight is 449 g/mol. The van der Waals surface area contributed by atoms with Gasteiger partial charge >= 0.3 is 0 Å². The predicted octanol–water partition coefficient (Wildman–Crippen LogP) is 5.92. The van der Waals surface area contributed by atoms with E-state index >= 15 is 0 Å². The van der Waals surface area contributed by atoms with E-state index in [0.717, 1.165) is 21.3 Å². The first-order valence-electron chi connectivity index (χ1n) is 8.90. The summed E-state index contributed by atoms with van der Waals surface area (Å²) in [4.78, 5) is 16.7. The lowest BCUT2D eigenvalue weighted by Gasteiger charge is -2.01. The summed E-state index contributed by atoms with van der Waals surface area (Å²) in [5.41, 5.74) is 3.77. The van der Waals surface area contributed by atoms with Gasteiger partial charge < -0.3 is 14.5 Å². The Hall–Kier alpha value is -3.38. The van der Waals surface area contributed by atoms with Crippen LogP contribution in [0.5, 0.6) is 5.75 Å². The number of rotatable bonds is 5. The monoisotopic (exact) mass is 448 g/mol. The molecule has 6 heteroatoms. The fraction of sp³-hybridized carbons (Fsp3) is 0.0435. The summed E-state index contributed by atoms with van der Waals surface area (Å²) in [5, 5.41) is 2.85. The van der Waals surface area contributed by atoms with Crippen LogP contribution in [0.3, 0.4) is 0 Å². The minimum Gasteiger partial charge on any atom is -0.497 e. The molecule has 4 aromatic rings. The molecule has 0 aliphatic heterocycles. The second-order valence-electron chi connectivity index (χ2n) is 6.30. The van der Waals surface area contributed by atoms with Crippen LogP contribution in [0.25, 0.3) is 28.6 Å². The molecule has 0 fully saturated rings. The number of fused-ring (bicyclic) bond motifs is 1. The highest BCUT2D eigenvalue weighted by atomic mass is 79.9. The van der Waals surface area contributed by atoms with Gasteiger partial charge in [0, 0.05) is 21.8 Å². The summed E-state index contributed by atoms with van der Waals surface area (Å²) in [6, 6.07) is 20.6. The van der Waals surface area contributed by atoms with E-state index in [1.165, 1.54) is 6.08 Å². The highest BCUT2D eigenvalue weighted by Crippen LogP contribution is 2.27. The molecule has 1 heterocycles. The third kappa shape index (κ3) is 4.55. The van der Waals surface area contributed by atoms with Crippen molar-refractivity contribution in [3.63, 3.8) is 0 Å². The van der Waals surface area contributed by atoms with Crippen LogP contribution in [-0.2, 0) is 4.79 Å². The summed E-state index contributed by atoms with van der Waals surface area (Å²) in [7, 11) is 1.62. The average Bonchev–Trinajstić information content (AvgIpc) is 3.17. The number of methoxy groups -OCH3 is 1. The fourth-order valence-electron chi connectivity index (χ4n) is 2.79. The lowest BCUT2D eigenvalue weighted by atomic mass is 10.2. The molecule has 0 spiro atoms. The zero-order valence-corrected chi connectivity index (χ0v) is 17.1. The predicted molar refractivity (Wildman–Crippen MR) is 118 cm³/mol. The number of ether oxygens (including phenoxy) is 1. The van der Waals surface area contributed by atoms with E-state index in [0.29, 0.717) is 22.7 Å². The van der Waals surface area contributed by atoms with E-state index in [4.69, 9.17) is 9.15 Å². The van der Waals surface area contributed by atoms with Crippen molar-refractivity contribution in [3.05, 3.63) is 82.8 Å². The molecule has 29 heavy (non-hydrogen) atoms. The van der Waals surface area contributed by atoms with Crippen LogP contribution in [0.15, 0.2) is 81.7 Å². The Morgan fingerprint density at radius 3 is 2.55 bits per heavy atom. The normalized spacial score (nSPS) is 11.1. The van der Waals surface area contributed by atoms with Crippen LogP contribution < -0.4 is 10.1 Å². The Morgan fingerprint density at radius 2 is 1.83 bits per heavy atom. The Labute approximate surface area is 176 Å². The Bertz CT molecular complexity index is 1180. The second-order valence-corrected chi connectivity index (χ2v) is 7.22. The molecule has 0 saturated carbocycles. The number of halogens is 1. The Balaban J connectivity index is 1.49. The summed E-state index contributed by atoms with van der Waals surface area (Å²) < 4.78 is 12.0. The van der Waals surface area contributed by atoms with Crippen molar-refractivity contribution >= 4 is 44.7 Å². The molecule has 144 valence electrons. The smallest absolute Gasteiger partial charge is 0.248 e. The van der Waals surface area contributed by atoms with Gasteiger partial charge in [-0.05, 0) is 66.2 Å². The van der Waals surface area contributed by atoms with Gasteiger partial charge in [0.1, 0.15) is 11.3 Å². The van der Waals surface area contributed by atoms with Crippen LogP contribution >= 0.6 is 15.9 Å².